The van der Waals surface area contributed by atoms with Crippen LogP contribution in [0.25, 0.3) is 0 Å². The fraction of sp³-hybridized carbons (Fsp3) is 0.278. The quantitative estimate of drug-likeness (QED) is 0.633. The molecule has 28 heavy (non-hydrogen) atoms. The average molecular weight is 461 g/mol. The molecule has 0 saturated carbocycles. The summed E-state index contributed by atoms with van der Waals surface area (Å²) in [5.41, 5.74) is 1.47. The third-order valence-electron chi connectivity index (χ3n) is 4.15. The number of nitrogens with one attached hydrogen (secondary N) is 1. The summed E-state index contributed by atoms with van der Waals surface area (Å²) in [6.45, 7) is 0.387. The van der Waals surface area contributed by atoms with Crippen LogP contribution in [0.3, 0.4) is 0 Å². The summed E-state index contributed by atoms with van der Waals surface area (Å²) >= 11 is 13.3. The molecule has 1 amide bonds. The van der Waals surface area contributed by atoms with Crippen LogP contribution >= 0.6 is 35.0 Å². The second kappa shape index (κ2) is 8.82. The van der Waals surface area contributed by atoms with Gasteiger partial charge in [0.25, 0.3) is 0 Å². The number of thioether (sulfide) groups is 1. The second-order valence-electron chi connectivity index (χ2n) is 6.22. The number of carbonyl (C=O) groups is 1. The zero-order valence-electron chi connectivity index (χ0n) is 14.7. The largest absolute Gasteiger partial charge is 0.506 e. The third kappa shape index (κ3) is 5.05. The number of hydrogen-bond acceptors (Lipinski definition) is 5. The smallest absolute Gasteiger partial charge is 0.235 e. The van der Waals surface area contributed by atoms with Crippen LogP contribution in [0.5, 0.6) is 5.75 Å². The first kappa shape index (κ1) is 21.1. The Balaban J connectivity index is 1.61. The standard InChI is InChI=1S/C18H18Cl2N2O4S2/c19-13-3-2-12(15(20)8-13)10-27-11-18(24)21-16-9-14(4-5-17(16)23)22-6-1-7-28(22,25)26/h2-5,8-9,23H,1,6-7,10-11H2,(H,21,24). The van der Waals surface area contributed by atoms with Crippen LogP contribution in [-0.2, 0) is 20.6 Å². The zero-order valence-corrected chi connectivity index (χ0v) is 17.8. The Morgan fingerprint density at radius 3 is 2.68 bits per heavy atom. The fourth-order valence-electron chi connectivity index (χ4n) is 2.79. The van der Waals surface area contributed by atoms with Crippen LogP contribution in [0.2, 0.25) is 10.0 Å². The van der Waals surface area contributed by atoms with Crippen LogP contribution in [0, 0.1) is 0 Å². The number of anilines is 2. The molecule has 0 bridgehead atoms. The molecule has 1 saturated heterocycles. The number of nitrogens with zero attached hydrogens (tertiary/aromatic N) is 1. The minimum Gasteiger partial charge on any atom is -0.506 e. The Hall–Kier alpha value is -1.61. The van der Waals surface area contributed by atoms with E-state index >= 15 is 0 Å². The topological polar surface area (TPSA) is 86.7 Å². The van der Waals surface area contributed by atoms with Gasteiger partial charge in [-0.2, -0.15) is 0 Å². The highest BCUT2D eigenvalue weighted by Crippen LogP contribution is 2.32. The molecule has 6 nitrogen and oxygen atoms in total. The van der Waals surface area contributed by atoms with Gasteiger partial charge in [-0.25, -0.2) is 8.42 Å². The lowest BCUT2D eigenvalue weighted by Gasteiger charge is -2.18. The lowest BCUT2D eigenvalue weighted by molar-refractivity contribution is -0.113. The number of phenols is 1. The van der Waals surface area contributed by atoms with Crippen LogP contribution < -0.4 is 9.62 Å². The van der Waals surface area contributed by atoms with Crippen LogP contribution in [0.1, 0.15) is 12.0 Å². The number of carbonyl (C=O) groups excluding carboxylic acids is 1. The predicted molar refractivity (Wildman–Crippen MR) is 115 cm³/mol. The molecular weight excluding hydrogens is 443 g/mol. The Morgan fingerprint density at radius 2 is 2.00 bits per heavy atom. The van der Waals surface area contributed by atoms with Crippen molar-refractivity contribution in [3.8, 4) is 5.75 Å². The molecule has 0 radical (unpaired) electrons. The highest BCUT2D eigenvalue weighted by atomic mass is 35.5. The van der Waals surface area contributed by atoms with Gasteiger partial charge in [-0.15, -0.1) is 11.8 Å². The molecule has 1 fully saturated rings. The van der Waals surface area contributed by atoms with Crippen molar-refractivity contribution in [3.63, 3.8) is 0 Å². The van der Waals surface area contributed by atoms with Crippen LogP contribution in [-0.4, -0.2) is 37.5 Å². The van der Waals surface area contributed by atoms with E-state index in [2.05, 4.69) is 5.32 Å². The highest BCUT2D eigenvalue weighted by molar-refractivity contribution is 7.99. The van der Waals surface area contributed by atoms with Crippen molar-refractivity contribution < 1.29 is 18.3 Å². The number of hydrogen-bond donors (Lipinski definition) is 2. The van der Waals surface area contributed by atoms with Crippen molar-refractivity contribution in [1.82, 2.24) is 0 Å². The van der Waals surface area contributed by atoms with Gasteiger partial charge in [0.1, 0.15) is 5.75 Å². The van der Waals surface area contributed by atoms with E-state index in [1.54, 1.807) is 18.2 Å². The van der Waals surface area contributed by atoms with Crippen molar-refractivity contribution in [2.24, 2.45) is 0 Å². The molecule has 0 spiro atoms. The molecular formula is C18H18Cl2N2O4S2. The molecule has 0 unspecified atom stereocenters. The number of aromatic hydroxyl groups is 1. The number of amides is 1. The molecule has 3 rings (SSSR count). The van der Waals surface area contributed by atoms with Crippen molar-refractivity contribution in [2.45, 2.75) is 12.2 Å². The van der Waals surface area contributed by atoms with Crippen LogP contribution in [0.15, 0.2) is 36.4 Å². The summed E-state index contributed by atoms with van der Waals surface area (Å²) in [4.78, 5) is 12.2. The molecule has 2 aromatic rings. The van der Waals surface area contributed by atoms with Crippen molar-refractivity contribution >= 4 is 62.3 Å². The Morgan fingerprint density at radius 1 is 1.21 bits per heavy atom. The molecule has 2 N–H and O–H groups in total. The van der Waals surface area contributed by atoms with E-state index in [1.807, 2.05) is 0 Å². The normalized spacial score (nSPS) is 15.6. The molecule has 0 atom stereocenters. The van der Waals surface area contributed by atoms with E-state index < -0.39 is 10.0 Å². The van der Waals surface area contributed by atoms with Gasteiger partial charge in [-0.05, 0) is 42.3 Å². The van der Waals surface area contributed by atoms with E-state index in [4.69, 9.17) is 23.2 Å². The summed E-state index contributed by atoms with van der Waals surface area (Å²) in [6.07, 6.45) is 0.550. The van der Waals surface area contributed by atoms with Gasteiger partial charge in [-0.1, -0.05) is 29.3 Å². The molecule has 2 aromatic carbocycles. The van der Waals surface area contributed by atoms with Gasteiger partial charge in [0.05, 0.1) is 22.9 Å². The predicted octanol–water partition coefficient (Wildman–Crippen LogP) is 4.11. The summed E-state index contributed by atoms with van der Waals surface area (Å²) in [5, 5.41) is 13.7. The molecule has 10 heteroatoms. The van der Waals surface area contributed by atoms with Gasteiger partial charge in [0.15, 0.2) is 0 Å². The maximum absolute atomic E-state index is 12.2. The average Bonchev–Trinajstić information content (AvgIpc) is 2.98. The van der Waals surface area contributed by atoms with Gasteiger partial charge in [0.2, 0.25) is 15.9 Å². The van der Waals surface area contributed by atoms with Crippen LogP contribution in [0.4, 0.5) is 11.4 Å². The van der Waals surface area contributed by atoms with E-state index in [1.165, 1.54) is 34.3 Å². The molecule has 0 aromatic heterocycles. The second-order valence-corrected chi connectivity index (χ2v) is 10.1. The van der Waals surface area contributed by atoms with E-state index in [-0.39, 0.29) is 28.8 Å². The maximum atomic E-state index is 12.2. The fourth-order valence-corrected chi connectivity index (χ4v) is 5.73. The minimum atomic E-state index is -3.34. The first-order valence-electron chi connectivity index (χ1n) is 8.41. The Labute approximate surface area is 177 Å². The van der Waals surface area contributed by atoms with Gasteiger partial charge in [0, 0.05) is 22.3 Å². The molecule has 150 valence electrons. The summed E-state index contributed by atoms with van der Waals surface area (Å²) in [5.74, 6) is 0.331. The zero-order chi connectivity index (χ0) is 20.3. The first-order valence-corrected chi connectivity index (χ1v) is 11.9. The highest BCUT2D eigenvalue weighted by Gasteiger charge is 2.28. The number of sulfonamides is 1. The number of phenolic OH excluding ortho intramolecular Hbond substituents is 1. The molecule has 1 aliphatic heterocycles. The first-order chi connectivity index (χ1) is 13.3. The van der Waals surface area contributed by atoms with Crippen molar-refractivity contribution in [2.75, 3.05) is 27.7 Å². The molecule has 1 heterocycles. The van der Waals surface area contributed by atoms with E-state index in [0.29, 0.717) is 34.5 Å². The third-order valence-corrected chi connectivity index (χ3v) is 7.59. The number of halogens is 2. The van der Waals surface area contributed by atoms with Crippen molar-refractivity contribution in [1.29, 1.82) is 0 Å². The molecule has 1 aliphatic rings. The van der Waals surface area contributed by atoms with E-state index in [0.717, 1.165) is 5.56 Å². The Kier molecular flexibility index (Phi) is 6.65. The summed E-state index contributed by atoms with van der Waals surface area (Å²) in [7, 11) is -3.34. The lowest BCUT2D eigenvalue weighted by Crippen LogP contribution is -2.25. The Bertz CT molecular complexity index is 999. The minimum absolute atomic E-state index is 0.0967. The SMILES string of the molecule is O=C(CSCc1ccc(Cl)cc1Cl)Nc1cc(N2CCCS2(=O)=O)ccc1O. The maximum Gasteiger partial charge on any atom is 0.235 e. The molecule has 0 aliphatic carbocycles. The lowest BCUT2D eigenvalue weighted by atomic mass is 10.2. The summed E-state index contributed by atoms with van der Waals surface area (Å²) in [6, 6.07) is 9.55. The van der Waals surface area contributed by atoms with E-state index in [9.17, 15) is 18.3 Å². The van der Waals surface area contributed by atoms with Crippen molar-refractivity contribution in [3.05, 3.63) is 52.0 Å². The monoisotopic (exact) mass is 460 g/mol. The number of rotatable bonds is 6. The van der Waals surface area contributed by atoms with Gasteiger partial charge in [-0.3, -0.25) is 9.10 Å². The van der Waals surface area contributed by atoms with Gasteiger partial charge < -0.3 is 10.4 Å². The number of benzene rings is 2. The summed E-state index contributed by atoms with van der Waals surface area (Å²) < 4.78 is 25.4. The van der Waals surface area contributed by atoms with Gasteiger partial charge >= 0.3 is 0 Å².